The second kappa shape index (κ2) is 11.4. The fourth-order valence-corrected chi connectivity index (χ4v) is 7.53. The number of nitrogens with zero attached hydrogens (tertiary/aromatic N) is 5. The van der Waals surface area contributed by atoms with E-state index in [0.717, 1.165) is 77.2 Å². The van der Waals surface area contributed by atoms with Crippen LogP contribution in [-0.2, 0) is 0 Å². The first-order valence-electron chi connectivity index (χ1n) is 16.3. The molecule has 0 spiro atoms. The van der Waals surface area contributed by atoms with Gasteiger partial charge in [0.15, 0.2) is 0 Å². The zero-order valence-corrected chi connectivity index (χ0v) is 26.7. The molecule has 0 saturated heterocycles. The molecule has 9 aromatic rings. The Morgan fingerprint density at radius 3 is 1.80 bits per heavy atom. The van der Waals surface area contributed by atoms with Gasteiger partial charge < -0.3 is 9.13 Å². The van der Waals surface area contributed by atoms with Crippen LogP contribution < -0.4 is 0 Å². The molecule has 0 N–H and O–H groups in total. The lowest BCUT2D eigenvalue weighted by molar-refractivity contribution is 1.17. The molecule has 7 aromatic carbocycles. The van der Waals surface area contributed by atoms with Crippen molar-refractivity contribution >= 4 is 43.6 Å². The minimum absolute atomic E-state index is 0.554. The first-order valence-corrected chi connectivity index (χ1v) is 16.3. The summed E-state index contributed by atoms with van der Waals surface area (Å²) in [6.07, 6.45) is 0. The molecule has 50 heavy (non-hydrogen) atoms. The molecule has 5 heteroatoms. The van der Waals surface area contributed by atoms with Gasteiger partial charge in [0.05, 0.1) is 62.3 Å². The van der Waals surface area contributed by atoms with E-state index in [2.05, 4.69) is 69.8 Å². The summed E-state index contributed by atoms with van der Waals surface area (Å²) in [7, 11) is 0. The smallest absolute Gasteiger partial charge is 0.102 e. The van der Waals surface area contributed by atoms with Crippen molar-refractivity contribution in [2.75, 3.05) is 0 Å². The summed E-state index contributed by atoms with van der Waals surface area (Å²) in [5.74, 6) is 0. The molecule has 0 aliphatic carbocycles. The van der Waals surface area contributed by atoms with Gasteiger partial charge in [0.2, 0.25) is 0 Å². The Balaban J connectivity index is 1.24. The average molecular weight is 636 g/mol. The molecule has 0 fully saturated rings. The van der Waals surface area contributed by atoms with Gasteiger partial charge in [-0.2, -0.15) is 15.8 Å². The molecule has 0 aliphatic rings. The van der Waals surface area contributed by atoms with E-state index in [9.17, 15) is 15.8 Å². The van der Waals surface area contributed by atoms with E-state index in [4.69, 9.17) is 0 Å². The lowest BCUT2D eigenvalue weighted by Crippen LogP contribution is -2.00. The number of fused-ring (bicyclic) bond motifs is 6. The Hall–Kier alpha value is -7.39. The number of para-hydroxylation sites is 3. The fraction of sp³-hybridized carbons (Fsp3) is 0. The van der Waals surface area contributed by atoms with Crippen LogP contribution >= 0.6 is 0 Å². The second-order valence-corrected chi connectivity index (χ2v) is 12.3. The van der Waals surface area contributed by atoms with Crippen molar-refractivity contribution in [3.05, 3.63) is 168 Å². The quantitative estimate of drug-likeness (QED) is 0.193. The van der Waals surface area contributed by atoms with Gasteiger partial charge in [0.1, 0.15) is 6.07 Å². The number of rotatable bonds is 4. The first kappa shape index (κ1) is 28.8. The molecule has 9 rings (SSSR count). The number of hydrogen-bond acceptors (Lipinski definition) is 3. The van der Waals surface area contributed by atoms with Crippen molar-refractivity contribution in [2.45, 2.75) is 0 Å². The molecule has 0 aliphatic heterocycles. The number of hydrogen-bond donors (Lipinski definition) is 0. The highest BCUT2D eigenvalue weighted by atomic mass is 15.0. The summed E-state index contributed by atoms with van der Waals surface area (Å²) in [5.41, 5.74) is 11.3. The lowest BCUT2D eigenvalue weighted by Gasteiger charge is -2.16. The zero-order chi connectivity index (χ0) is 33.8. The highest BCUT2D eigenvalue weighted by molar-refractivity contribution is 6.12. The van der Waals surface area contributed by atoms with Crippen molar-refractivity contribution in [3.63, 3.8) is 0 Å². The van der Waals surface area contributed by atoms with Gasteiger partial charge in [-0.15, -0.1) is 0 Å². The first-order chi connectivity index (χ1) is 24.7. The van der Waals surface area contributed by atoms with Crippen molar-refractivity contribution < 1.29 is 0 Å². The van der Waals surface area contributed by atoms with Gasteiger partial charge in [-0.25, -0.2) is 0 Å². The molecule has 0 atom stereocenters. The van der Waals surface area contributed by atoms with Gasteiger partial charge in [-0.3, -0.25) is 0 Å². The van der Waals surface area contributed by atoms with Crippen LogP contribution in [-0.4, -0.2) is 9.13 Å². The van der Waals surface area contributed by atoms with Gasteiger partial charge in [-0.05, 0) is 71.8 Å². The molecular weight excluding hydrogens is 611 g/mol. The highest BCUT2D eigenvalue weighted by Gasteiger charge is 2.20. The summed E-state index contributed by atoms with van der Waals surface area (Å²) >= 11 is 0. The molecule has 0 amide bonds. The summed E-state index contributed by atoms with van der Waals surface area (Å²) in [4.78, 5) is 0. The molecule has 0 unspecified atom stereocenters. The Morgan fingerprint density at radius 1 is 0.400 bits per heavy atom. The van der Waals surface area contributed by atoms with Crippen LogP contribution in [0.1, 0.15) is 16.7 Å². The van der Waals surface area contributed by atoms with Gasteiger partial charge in [0, 0.05) is 32.7 Å². The van der Waals surface area contributed by atoms with E-state index in [1.54, 1.807) is 0 Å². The van der Waals surface area contributed by atoms with Crippen LogP contribution in [0, 0.1) is 34.0 Å². The zero-order valence-electron chi connectivity index (χ0n) is 26.7. The summed E-state index contributed by atoms with van der Waals surface area (Å²) in [6, 6.07) is 57.8. The molecule has 230 valence electrons. The van der Waals surface area contributed by atoms with Gasteiger partial charge in [0.25, 0.3) is 0 Å². The van der Waals surface area contributed by atoms with E-state index in [-0.39, 0.29) is 0 Å². The maximum atomic E-state index is 10.8. The largest absolute Gasteiger partial charge is 0.309 e. The van der Waals surface area contributed by atoms with Gasteiger partial charge in [-0.1, -0.05) is 91.0 Å². The Kier molecular flexibility index (Phi) is 6.56. The summed E-state index contributed by atoms with van der Waals surface area (Å²) < 4.78 is 4.37. The van der Waals surface area contributed by atoms with E-state index in [0.29, 0.717) is 16.7 Å². The third kappa shape index (κ3) is 4.24. The minimum Gasteiger partial charge on any atom is -0.309 e. The van der Waals surface area contributed by atoms with Crippen LogP contribution in [0.5, 0.6) is 0 Å². The Morgan fingerprint density at radius 2 is 1.00 bits per heavy atom. The molecule has 0 saturated carbocycles. The van der Waals surface area contributed by atoms with Crippen LogP contribution in [0.2, 0.25) is 0 Å². The van der Waals surface area contributed by atoms with Crippen molar-refractivity contribution in [3.8, 4) is 51.8 Å². The SMILES string of the molecule is N#Cc1ccc2c(c1)c1ccccc1n2-c1ccccc1-c1cccc(-c2cccc(-n3c4ccccc4c4c(C#N)cccc43)c2C#N)c1. The molecular formula is C45H25N5. The fourth-order valence-electron chi connectivity index (χ4n) is 7.53. The third-order valence-corrected chi connectivity index (χ3v) is 9.64. The standard InChI is InChI=1S/C45H25N5/c46-26-29-22-23-43-37(24-29)35-14-2-5-18-40(35)49(43)39-17-4-1-13-34(39)31-11-7-10-30(25-31)33-16-9-20-42(38(33)28-48)50-41-19-6-3-15-36(41)45-32(27-47)12-8-21-44(45)50/h1-25H. The maximum absolute atomic E-state index is 10.8. The molecule has 2 heterocycles. The maximum Gasteiger partial charge on any atom is 0.102 e. The average Bonchev–Trinajstić information content (AvgIpc) is 3.70. The molecule has 0 bridgehead atoms. The number of nitriles is 3. The van der Waals surface area contributed by atoms with Crippen LogP contribution in [0.25, 0.3) is 77.2 Å². The van der Waals surface area contributed by atoms with Crippen molar-refractivity contribution in [2.24, 2.45) is 0 Å². The Labute approximate surface area is 287 Å². The lowest BCUT2D eigenvalue weighted by atomic mass is 9.94. The number of benzene rings is 7. The summed E-state index contributed by atoms with van der Waals surface area (Å²) in [5, 5.41) is 34.3. The monoisotopic (exact) mass is 635 g/mol. The van der Waals surface area contributed by atoms with E-state index in [1.807, 2.05) is 109 Å². The molecule has 2 aromatic heterocycles. The summed E-state index contributed by atoms with van der Waals surface area (Å²) in [6.45, 7) is 0. The number of aromatic nitrogens is 2. The van der Waals surface area contributed by atoms with Crippen LogP contribution in [0.4, 0.5) is 0 Å². The normalized spacial score (nSPS) is 11.1. The molecule has 0 radical (unpaired) electrons. The Bertz CT molecular complexity index is 2970. The van der Waals surface area contributed by atoms with E-state index < -0.39 is 0 Å². The predicted octanol–water partition coefficient (Wildman–Crippen LogP) is 10.8. The van der Waals surface area contributed by atoms with Gasteiger partial charge >= 0.3 is 0 Å². The minimum atomic E-state index is 0.554. The molecule has 5 nitrogen and oxygen atoms in total. The van der Waals surface area contributed by atoms with E-state index in [1.165, 1.54) is 0 Å². The van der Waals surface area contributed by atoms with Crippen molar-refractivity contribution in [1.82, 2.24) is 9.13 Å². The van der Waals surface area contributed by atoms with Crippen LogP contribution in [0.3, 0.4) is 0 Å². The second-order valence-electron chi connectivity index (χ2n) is 12.3. The van der Waals surface area contributed by atoms with Crippen molar-refractivity contribution in [1.29, 1.82) is 15.8 Å². The topological polar surface area (TPSA) is 81.2 Å². The predicted molar refractivity (Wildman–Crippen MR) is 200 cm³/mol. The highest BCUT2D eigenvalue weighted by Crippen LogP contribution is 2.40. The van der Waals surface area contributed by atoms with Crippen LogP contribution in [0.15, 0.2) is 152 Å². The van der Waals surface area contributed by atoms with E-state index >= 15 is 0 Å². The third-order valence-electron chi connectivity index (χ3n) is 9.64.